The Morgan fingerprint density at radius 3 is 2.82 bits per heavy atom. The Balaban J connectivity index is 1.71. The van der Waals surface area contributed by atoms with Crippen molar-refractivity contribution in [2.24, 2.45) is 5.92 Å². The number of nitrogens with zero attached hydrogens (tertiary/aromatic N) is 1. The Labute approximate surface area is 115 Å². The molecule has 1 heterocycles. The Kier molecular flexibility index (Phi) is 5.32. The first-order valence-electron chi connectivity index (χ1n) is 6.16. The Hall–Kier alpha value is -0.0600. The van der Waals surface area contributed by atoms with Crippen LogP contribution in [0.4, 0.5) is 0 Å². The average molecular weight is 316 g/mol. The quantitative estimate of drug-likeness (QED) is 0.837. The van der Waals surface area contributed by atoms with E-state index in [9.17, 15) is 5.11 Å². The van der Waals surface area contributed by atoms with Crippen LogP contribution in [0.2, 0.25) is 0 Å². The summed E-state index contributed by atoms with van der Waals surface area (Å²) in [5, 5.41) is 11.0. The van der Waals surface area contributed by atoms with Crippen molar-refractivity contribution >= 4 is 27.7 Å². The molecule has 2 nitrogen and oxygen atoms in total. The van der Waals surface area contributed by atoms with Crippen LogP contribution in [-0.4, -0.2) is 21.9 Å². The SMILES string of the molecule is OC(CSc1ccc(Br)cn1)CC1CCCC1. The zero-order valence-electron chi connectivity index (χ0n) is 9.81. The van der Waals surface area contributed by atoms with Gasteiger partial charge >= 0.3 is 0 Å². The van der Waals surface area contributed by atoms with Crippen molar-refractivity contribution in [3.63, 3.8) is 0 Å². The van der Waals surface area contributed by atoms with E-state index in [1.54, 1.807) is 18.0 Å². The van der Waals surface area contributed by atoms with Crippen molar-refractivity contribution in [1.82, 2.24) is 4.98 Å². The van der Waals surface area contributed by atoms with Gasteiger partial charge < -0.3 is 5.11 Å². The van der Waals surface area contributed by atoms with E-state index in [1.807, 2.05) is 12.1 Å². The first-order chi connectivity index (χ1) is 8.24. The molecule has 0 aromatic carbocycles. The normalized spacial score (nSPS) is 18.5. The molecular weight excluding hydrogens is 298 g/mol. The lowest BCUT2D eigenvalue weighted by Gasteiger charge is -2.14. The van der Waals surface area contributed by atoms with Crippen LogP contribution < -0.4 is 0 Å². The maximum atomic E-state index is 9.97. The van der Waals surface area contributed by atoms with Crippen molar-refractivity contribution < 1.29 is 5.11 Å². The molecule has 1 saturated carbocycles. The highest BCUT2D eigenvalue weighted by Gasteiger charge is 2.18. The summed E-state index contributed by atoms with van der Waals surface area (Å²) < 4.78 is 0.994. The van der Waals surface area contributed by atoms with E-state index >= 15 is 0 Å². The summed E-state index contributed by atoms with van der Waals surface area (Å²) in [7, 11) is 0. The highest BCUT2D eigenvalue weighted by atomic mass is 79.9. The summed E-state index contributed by atoms with van der Waals surface area (Å²) >= 11 is 5.00. The molecule has 94 valence electrons. The second kappa shape index (κ2) is 6.76. The third-order valence-electron chi connectivity index (χ3n) is 3.20. The second-order valence-electron chi connectivity index (χ2n) is 4.67. The van der Waals surface area contributed by atoms with Gasteiger partial charge in [0.15, 0.2) is 0 Å². The number of halogens is 1. The van der Waals surface area contributed by atoms with Gasteiger partial charge in [-0.2, -0.15) is 0 Å². The first-order valence-corrected chi connectivity index (χ1v) is 7.94. The van der Waals surface area contributed by atoms with Crippen LogP contribution in [0.5, 0.6) is 0 Å². The molecule has 0 saturated heterocycles. The van der Waals surface area contributed by atoms with Gasteiger partial charge in [0, 0.05) is 16.4 Å². The third-order valence-corrected chi connectivity index (χ3v) is 4.76. The zero-order valence-corrected chi connectivity index (χ0v) is 12.2. The minimum Gasteiger partial charge on any atom is -0.392 e. The summed E-state index contributed by atoms with van der Waals surface area (Å²) in [6.45, 7) is 0. The molecule has 1 N–H and O–H groups in total. The van der Waals surface area contributed by atoms with Crippen molar-refractivity contribution in [3.8, 4) is 0 Å². The highest BCUT2D eigenvalue weighted by Crippen LogP contribution is 2.29. The largest absolute Gasteiger partial charge is 0.392 e. The number of aromatic nitrogens is 1. The van der Waals surface area contributed by atoms with Gasteiger partial charge in [-0.25, -0.2) is 4.98 Å². The van der Waals surface area contributed by atoms with Gasteiger partial charge in [-0.15, -0.1) is 11.8 Å². The lowest BCUT2D eigenvalue weighted by molar-refractivity contribution is 0.165. The van der Waals surface area contributed by atoms with Crippen LogP contribution in [-0.2, 0) is 0 Å². The molecule has 0 bridgehead atoms. The van der Waals surface area contributed by atoms with Crippen LogP contribution >= 0.6 is 27.7 Å². The first kappa shape index (κ1) is 13.4. The number of pyridine rings is 1. The Morgan fingerprint density at radius 2 is 2.18 bits per heavy atom. The molecule has 0 amide bonds. The Bertz CT molecular complexity index is 338. The monoisotopic (exact) mass is 315 g/mol. The number of thioether (sulfide) groups is 1. The van der Waals surface area contributed by atoms with Crippen LogP contribution in [0, 0.1) is 5.92 Å². The number of aliphatic hydroxyl groups is 1. The second-order valence-corrected chi connectivity index (χ2v) is 6.62. The van der Waals surface area contributed by atoms with Gasteiger partial charge in [-0.3, -0.25) is 0 Å². The number of hydrogen-bond donors (Lipinski definition) is 1. The molecule has 2 rings (SSSR count). The molecular formula is C13H18BrNOS. The van der Waals surface area contributed by atoms with E-state index < -0.39 is 0 Å². The summed E-state index contributed by atoms with van der Waals surface area (Å²) in [6.07, 6.45) is 7.87. The zero-order chi connectivity index (χ0) is 12.1. The summed E-state index contributed by atoms with van der Waals surface area (Å²) in [5.41, 5.74) is 0. The number of rotatable bonds is 5. The topological polar surface area (TPSA) is 33.1 Å². The minimum atomic E-state index is -0.187. The van der Waals surface area contributed by atoms with E-state index in [0.717, 1.165) is 27.6 Å². The molecule has 1 fully saturated rings. The average Bonchev–Trinajstić information content (AvgIpc) is 2.81. The lowest BCUT2D eigenvalue weighted by atomic mass is 10.0. The van der Waals surface area contributed by atoms with E-state index in [2.05, 4.69) is 20.9 Å². The molecule has 4 heteroatoms. The van der Waals surface area contributed by atoms with Gasteiger partial charge in [-0.1, -0.05) is 25.7 Å². The molecule has 0 radical (unpaired) electrons. The Morgan fingerprint density at radius 1 is 1.41 bits per heavy atom. The summed E-state index contributed by atoms with van der Waals surface area (Å²) in [6, 6.07) is 3.97. The van der Waals surface area contributed by atoms with Crippen molar-refractivity contribution in [3.05, 3.63) is 22.8 Å². The predicted octanol–water partition coefficient (Wildman–Crippen LogP) is 3.88. The third kappa shape index (κ3) is 4.60. The van der Waals surface area contributed by atoms with Crippen molar-refractivity contribution in [2.45, 2.75) is 43.2 Å². The molecule has 1 aromatic rings. The highest BCUT2D eigenvalue weighted by molar-refractivity contribution is 9.10. The van der Waals surface area contributed by atoms with Gasteiger partial charge in [-0.05, 0) is 40.4 Å². The van der Waals surface area contributed by atoms with E-state index in [4.69, 9.17) is 0 Å². The van der Waals surface area contributed by atoms with Crippen LogP contribution in [0.3, 0.4) is 0 Å². The fourth-order valence-electron chi connectivity index (χ4n) is 2.33. The standard InChI is InChI=1S/C13H18BrNOS/c14-11-5-6-13(15-8-11)17-9-12(16)7-10-3-1-2-4-10/h5-6,8,10,12,16H,1-4,7,9H2. The van der Waals surface area contributed by atoms with E-state index in [0.29, 0.717) is 0 Å². The van der Waals surface area contributed by atoms with Gasteiger partial charge in [0.1, 0.15) is 0 Å². The van der Waals surface area contributed by atoms with Crippen LogP contribution in [0.15, 0.2) is 27.8 Å². The van der Waals surface area contributed by atoms with Crippen LogP contribution in [0.1, 0.15) is 32.1 Å². The van der Waals surface area contributed by atoms with Gasteiger partial charge in [0.25, 0.3) is 0 Å². The molecule has 1 atom stereocenters. The number of aliphatic hydroxyl groups excluding tert-OH is 1. The maximum absolute atomic E-state index is 9.97. The molecule has 1 aliphatic rings. The van der Waals surface area contributed by atoms with Gasteiger partial charge in [0.2, 0.25) is 0 Å². The van der Waals surface area contributed by atoms with E-state index in [-0.39, 0.29) is 6.10 Å². The summed E-state index contributed by atoms with van der Waals surface area (Å²) in [4.78, 5) is 4.29. The maximum Gasteiger partial charge on any atom is 0.0961 e. The summed E-state index contributed by atoms with van der Waals surface area (Å²) in [5.74, 6) is 1.51. The minimum absolute atomic E-state index is 0.187. The molecule has 17 heavy (non-hydrogen) atoms. The number of hydrogen-bond acceptors (Lipinski definition) is 3. The van der Waals surface area contributed by atoms with Crippen molar-refractivity contribution in [2.75, 3.05) is 5.75 Å². The molecule has 1 aromatic heterocycles. The fraction of sp³-hybridized carbons (Fsp3) is 0.615. The van der Waals surface area contributed by atoms with Gasteiger partial charge in [0.05, 0.1) is 11.1 Å². The molecule has 1 unspecified atom stereocenters. The smallest absolute Gasteiger partial charge is 0.0961 e. The predicted molar refractivity (Wildman–Crippen MR) is 75.2 cm³/mol. The molecule has 0 aliphatic heterocycles. The lowest BCUT2D eigenvalue weighted by Crippen LogP contribution is -2.14. The molecule has 0 spiro atoms. The molecule has 1 aliphatic carbocycles. The van der Waals surface area contributed by atoms with Crippen LogP contribution in [0.25, 0.3) is 0 Å². The fourth-order valence-corrected chi connectivity index (χ4v) is 3.35. The van der Waals surface area contributed by atoms with Crippen molar-refractivity contribution in [1.29, 1.82) is 0 Å². The van der Waals surface area contributed by atoms with E-state index in [1.165, 1.54) is 25.7 Å².